The van der Waals surface area contributed by atoms with Gasteiger partial charge in [-0.1, -0.05) is 55.3 Å². The predicted molar refractivity (Wildman–Crippen MR) is 129 cm³/mol. The Kier molecular flexibility index (Phi) is 9.91. The summed E-state index contributed by atoms with van der Waals surface area (Å²) in [5, 5.41) is 2.99. The molecule has 7 heteroatoms. The molecule has 0 aliphatic carbocycles. The number of hydrogen-bond donors (Lipinski definition) is 2. The largest absolute Gasteiger partial charge is 0.489 e. The van der Waals surface area contributed by atoms with Crippen LogP contribution in [0.4, 0.5) is 0 Å². The minimum absolute atomic E-state index is 0.0175. The van der Waals surface area contributed by atoms with Gasteiger partial charge in [0.2, 0.25) is 11.8 Å². The summed E-state index contributed by atoms with van der Waals surface area (Å²) in [7, 11) is 0. The highest BCUT2D eigenvalue weighted by Gasteiger charge is 2.34. The molecule has 1 heterocycles. The van der Waals surface area contributed by atoms with Crippen LogP contribution in [0.1, 0.15) is 36.8 Å². The molecule has 1 unspecified atom stereocenters. The number of nitrogens with one attached hydrogen (secondary N) is 1. The van der Waals surface area contributed by atoms with Gasteiger partial charge in [-0.05, 0) is 42.6 Å². The minimum atomic E-state index is -0.384. The molecule has 0 radical (unpaired) electrons. The van der Waals surface area contributed by atoms with Crippen LogP contribution in [-0.4, -0.2) is 47.5 Å². The Morgan fingerprint density at radius 3 is 2.50 bits per heavy atom. The molecule has 0 spiro atoms. The number of amides is 2. The van der Waals surface area contributed by atoms with Gasteiger partial charge >= 0.3 is 0 Å². The van der Waals surface area contributed by atoms with Gasteiger partial charge in [0.1, 0.15) is 18.4 Å². The standard InChI is InChI=1S/C25H33N3O3S/c26-14-6-1-2-7-15-27-25(30)23-18-32-19-28(23)24(29)16-20-10-12-22(13-11-20)31-17-21-8-4-3-5-9-21/h3-5,8-13,23H,1-2,6-7,14-19,26H2,(H,27,30). The van der Waals surface area contributed by atoms with Crippen LogP contribution in [-0.2, 0) is 22.6 Å². The third kappa shape index (κ3) is 7.57. The van der Waals surface area contributed by atoms with Crippen LogP contribution in [0.15, 0.2) is 54.6 Å². The third-order valence-corrected chi connectivity index (χ3v) is 6.47. The number of unbranched alkanes of at least 4 members (excludes halogenated alkanes) is 3. The lowest BCUT2D eigenvalue weighted by Gasteiger charge is -2.23. The molecule has 1 fully saturated rings. The molecule has 0 bridgehead atoms. The SMILES string of the molecule is NCCCCCCNC(=O)C1CSCN1C(=O)Cc1ccc(OCc2ccccc2)cc1. The fraction of sp³-hybridized carbons (Fsp3) is 0.440. The quantitative estimate of drug-likeness (QED) is 0.480. The summed E-state index contributed by atoms with van der Waals surface area (Å²) in [6.45, 7) is 1.87. The van der Waals surface area contributed by atoms with Crippen LogP contribution in [0.25, 0.3) is 0 Å². The monoisotopic (exact) mass is 455 g/mol. The zero-order valence-corrected chi connectivity index (χ0v) is 19.3. The third-order valence-electron chi connectivity index (χ3n) is 5.46. The van der Waals surface area contributed by atoms with Gasteiger partial charge in [0.05, 0.1) is 12.3 Å². The van der Waals surface area contributed by atoms with E-state index in [0.717, 1.165) is 42.6 Å². The normalized spacial score (nSPS) is 15.5. The number of thioether (sulfide) groups is 1. The lowest BCUT2D eigenvalue weighted by molar-refractivity contribution is -0.137. The van der Waals surface area contributed by atoms with Crippen molar-refractivity contribution in [3.8, 4) is 5.75 Å². The maximum atomic E-state index is 12.9. The average Bonchev–Trinajstić information content (AvgIpc) is 3.32. The summed E-state index contributed by atoms with van der Waals surface area (Å²) >= 11 is 1.63. The van der Waals surface area contributed by atoms with Gasteiger partial charge < -0.3 is 20.7 Å². The summed E-state index contributed by atoms with van der Waals surface area (Å²) in [4.78, 5) is 27.1. The number of carbonyl (C=O) groups excluding carboxylic acids is 2. The Balaban J connectivity index is 1.44. The lowest BCUT2D eigenvalue weighted by Crippen LogP contribution is -2.47. The Labute approximate surface area is 194 Å². The van der Waals surface area contributed by atoms with Gasteiger partial charge in [-0.2, -0.15) is 0 Å². The highest BCUT2D eigenvalue weighted by Crippen LogP contribution is 2.23. The van der Waals surface area contributed by atoms with Crippen LogP contribution < -0.4 is 15.8 Å². The van der Waals surface area contributed by atoms with Crippen molar-refractivity contribution in [3.63, 3.8) is 0 Å². The second-order valence-electron chi connectivity index (χ2n) is 7.97. The summed E-state index contributed by atoms with van der Waals surface area (Å²) in [6, 6.07) is 17.2. The Bertz CT molecular complexity index is 845. The van der Waals surface area contributed by atoms with E-state index in [-0.39, 0.29) is 24.3 Å². The van der Waals surface area contributed by atoms with Crippen molar-refractivity contribution < 1.29 is 14.3 Å². The van der Waals surface area contributed by atoms with Crippen molar-refractivity contribution in [2.24, 2.45) is 5.73 Å². The molecule has 6 nitrogen and oxygen atoms in total. The number of ether oxygens (including phenoxy) is 1. The number of carbonyl (C=O) groups is 2. The van der Waals surface area contributed by atoms with E-state index in [2.05, 4.69) is 5.32 Å². The molecule has 32 heavy (non-hydrogen) atoms. The van der Waals surface area contributed by atoms with Crippen molar-refractivity contribution in [1.82, 2.24) is 10.2 Å². The fourth-order valence-corrected chi connectivity index (χ4v) is 4.76. The fourth-order valence-electron chi connectivity index (χ4n) is 3.58. The van der Waals surface area contributed by atoms with E-state index in [0.29, 0.717) is 31.3 Å². The van der Waals surface area contributed by atoms with Gasteiger partial charge in [0, 0.05) is 12.3 Å². The molecule has 1 aliphatic heterocycles. The average molecular weight is 456 g/mol. The number of benzene rings is 2. The first-order valence-electron chi connectivity index (χ1n) is 11.3. The molecule has 0 saturated carbocycles. The predicted octanol–water partition coefficient (Wildman–Crippen LogP) is 3.34. The van der Waals surface area contributed by atoms with Crippen LogP contribution in [0.2, 0.25) is 0 Å². The molecular formula is C25H33N3O3S. The molecule has 2 aromatic rings. The molecule has 3 rings (SSSR count). The molecule has 3 N–H and O–H groups in total. The first-order valence-corrected chi connectivity index (χ1v) is 12.4. The van der Waals surface area contributed by atoms with Crippen LogP contribution >= 0.6 is 11.8 Å². The maximum absolute atomic E-state index is 12.9. The molecule has 1 atom stereocenters. The van der Waals surface area contributed by atoms with E-state index in [4.69, 9.17) is 10.5 Å². The Morgan fingerprint density at radius 2 is 1.75 bits per heavy atom. The van der Waals surface area contributed by atoms with Gasteiger partial charge in [0.15, 0.2) is 0 Å². The van der Waals surface area contributed by atoms with Crippen LogP contribution in [0.3, 0.4) is 0 Å². The number of rotatable bonds is 12. The van der Waals surface area contributed by atoms with Crippen molar-refractivity contribution in [3.05, 3.63) is 65.7 Å². The maximum Gasteiger partial charge on any atom is 0.243 e. The molecule has 2 aromatic carbocycles. The van der Waals surface area contributed by atoms with Crippen molar-refractivity contribution >= 4 is 23.6 Å². The first-order chi connectivity index (χ1) is 15.7. The number of nitrogens with two attached hydrogens (primary N) is 1. The van der Waals surface area contributed by atoms with E-state index >= 15 is 0 Å². The summed E-state index contributed by atoms with van der Waals surface area (Å²) in [6.07, 6.45) is 4.40. The van der Waals surface area contributed by atoms with Crippen molar-refractivity contribution in [1.29, 1.82) is 0 Å². The molecule has 1 aliphatic rings. The Hall–Kier alpha value is -2.51. The highest BCUT2D eigenvalue weighted by molar-refractivity contribution is 7.99. The number of nitrogens with zero attached hydrogens (tertiary/aromatic N) is 1. The van der Waals surface area contributed by atoms with E-state index in [1.54, 1.807) is 16.7 Å². The number of hydrogen-bond acceptors (Lipinski definition) is 5. The lowest BCUT2D eigenvalue weighted by atomic mass is 10.1. The Morgan fingerprint density at radius 1 is 1.00 bits per heavy atom. The molecular weight excluding hydrogens is 422 g/mol. The minimum Gasteiger partial charge on any atom is -0.489 e. The second-order valence-corrected chi connectivity index (χ2v) is 8.97. The van der Waals surface area contributed by atoms with Crippen molar-refractivity contribution in [2.75, 3.05) is 24.7 Å². The highest BCUT2D eigenvalue weighted by atomic mass is 32.2. The van der Waals surface area contributed by atoms with E-state index in [1.807, 2.05) is 54.6 Å². The summed E-state index contributed by atoms with van der Waals surface area (Å²) in [5.41, 5.74) is 7.52. The molecule has 0 aromatic heterocycles. The van der Waals surface area contributed by atoms with Gasteiger partial charge in [0.25, 0.3) is 0 Å². The molecule has 2 amide bonds. The van der Waals surface area contributed by atoms with E-state index in [1.165, 1.54) is 0 Å². The summed E-state index contributed by atoms with van der Waals surface area (Å²) in [5.74, 6) is 1.91. The van der Waals surface area contributed by atoms with Gasteiger partial charge in [-0.3, -0.25) is 9.59 Å². The van der Waals surface area contributed by atoms with E-state index < -0.39 is 0 Å². The van der Waals surface area contributed by atoms with Crippen LogP contribution in [0, 0.1) is 0 Å². The smallest absolute Gasteiger partial charge is 0.243 e. The zero-order valence-electron chi connectivity index (χ0n) is 18.5. The van der Waals surface area contributed by atoms with Crippen molar-refractivity contribution in [2.45, 2.75) is 44.8 Å². The molecule has 172 valence electrons. The van der Waals surface area contributed by atoms with Gasteiger partial charge in [-0.25, -0.2) is 0 Å². The molecule has 1 saturated heterocycles. The van der Waals surface area contributed by atoms with Crippen LogP contribution in [0.5, 0.6) is 5.75 Å². The summed E-state index contributed by atoms with van der Waals surface area (Å²) < 4.78 is 5.81. The second kappa shape index (κ2) is 13.1. The van der Waals surface area contributed by atoms with Gasteiger partial charge in [-0.15, -0.1) is 11.8 Å². The van der Waals surface area contributed by atoms with E-state index in [9.17, 15) is 9.59 Å². The zero-order chi connectivity index (χ0) is 22.6. The first kappa shape index (κ1) is 24.1. The topological polar surface area (TPSA) is 84.7 Å².